The molecule has 2 N–H and O–H groups in total. The largest absolute Gasteiger partial charge is 0.366 e. The lowest BCUT2D eigenvalue weighted by Crippen LogP contribution is -2.38. The molecule has 1 amide bonds. The summed E-state index contributed by atoms with van der Waals surface area (Å²) in [6, 6.07) is 5.12. The van der Waals surface area contributed by atoms with E-state index in [0.717, 1.165) is 18.4 Å². The molecule has 3 rings (SSSR count). The number of hydrogen-bond donors (Lipinski definition) is 1. The number of rotatable bonds is 7. The van der Waals surface area contributed by atoms with Crippen molar-refractivity contribution in [2.45, 2.75) is 44.8 Å². The summed E-state index contributed by atoms with van der Waals surface area (Å²) in [6.45, 7) is 6.58. The van der Waals surface area contributed by atoms with Crippen molar-refractivity contribution in [1.29, 1.82) is 0 Å². The van der Waals surface area contributed by atoms with Crippen LogP contribution in [0.5, 0.6) is 0 Å². The van der Waals surface area contributed by atoms with Gasteiger partial charge < -0.3 is 9.64 Å². The van der Waals surface area contributed by atoms with Gasteiger partial charge in [-0.15, -0.1) is 0 Å². The van der Waals surface area contributed by atoms with Crippen LogP contribution < -0.4 is 5.14 Å². The minimum absolute atomic E-state index is 0.0587. The summed E-state index contributed by atoms with van der Waals surface area (Å²) in [7, 11) is -3.75. The maximum atomic E-state index is 14.2. The summed E-state index contributed by atoms with van der Waals surface area (Å²) in [4.78, 5) is 13.7. The molecule has 1 aliphatic carbocycles. The quantitative estimate of drug-likeness (QED) is 0.647. The van der Waals surface area contributed by atoms with Gasteiger partial charge in [-0.2, -0.15) is 0 Å². The van der Waals surface area contributed by atoms with Gasteiger partial charge in [-0.1, -0.05) is 30.9 Å². The topological polar surface area (TPSA) is 89.7 Å². The second kappa shape index (κ2) is 9.89. The molecule has 8 heteroatoms. The standard InChI is InChI=1S/C23H29FN2O4S/c1-3-23(27)26-12-10-17(11-13-26)14-22(18-5-4-16(2)21(24)15-18)30-19-6-8-20(9-7-19)31(25,28)29/h3-6,8-9,15,17,19,22H,1,7,10-14H2,2H3,(H2,25,28,29)/t19?,22-/m0/s1. The zero-order valence-electron chi connectivity index (χ0n) is 17.7. The predicted octanol–water partition coefficient (Wildman–Crippen LogP) is 3.51. The number of carbonyl (C=O) groups excluding carboxylic acids is 1. The molecular weight excluding hydrogens is 419 g/mol. The van der Waals surface area contributed by atoms with Crippen molar-refractivity contribution >= 4 is 15.9 Å². The number of amides is 1. The Morgan fingerprint density at radius 1 is 1.39 bits per heavy atom. The van der Waals surface area contributed by atoms with Gasteiger partial charge in [-0.25, -0.2) is 17.9 Å². The third-order valence-electron chi connectivity index (χ3n) is 5.91. The molecule has 1 saturated heterocycles. The number of primary sulfonamides is 1. The van der Waals surface area contributed by atoms with Gasteiger partial charge in [0.2, 0.25) is 15.9 Å². The van der Waals surface area contributed by atoms with E-state index in [1.165, 1.54) is 18.2 Å². The Morgan fingerprint density at radius 2 is 2.10 bits per heavy atom. The first kappa shape index (κ1) is 23.4. The third-order valence-corrected chi connectivity index (χ3v) is 6.87. The molecule has 2 aliphatic rings. The molecule has 0 spiro atoms. The van der Waals surface area contributed by atoms with Gasteiger partial charge in [-0.05, 0) is 67.9 Å². The highest BCUT2D eigenvalue weighted by Crippen LogP contribution is 2.34. The zero-order valence-corrected chi connectivity index (χ0v) is 18.5. The summed E-state index contributed by atoms with van der Waals surface area (Å²) in [6.07, 6.45) is 8.08. The summed E-state index contributed by atoms with van der Waals surface area (Å²) in [5.74, 6) is -0.0175. The molecule has 168 valence electrons. The minimum atomic E-state index is -3.75. The minimum Gasteiger partial charge on any atom is -0.366 e. The van der Waals surface area contributed by atoms with E-state index < -0.39 is 10.0 Å². The first-order chi connectivity index (χ1) is 14.7. The molecule has 1 unspecified atom stereocenters. The number of halogens is 1. The van der Waals surface area contributed by atoms with E-state index >= 15 is 0 Å². The number of nitrogens with zero attached hydrogens (tertiary/aromatic N) is 1. The molecule has 1 aromatic carbocycles. The van der Waals surface area contributed by atoms with Gasteiger partial charge in [0.05, 0.1) is 17.1 Å². The number of likely N-dealkylation sites (tertiary alicyclic amines) is 1. The smallest absolute Gasteiger partial charge is 0.245 e. The van der Waals surface area contributed by atoms with Crippen LogP contribution in [0, 0.1) is 18.7 Å². The van der Waals surface area contributed by atoms with Crippen LogP contribution in [0.1, 0.15) is 42.9 Å². The van der Waals surface area contributed by atoms with Crippen molar-refractivity contribution in [3.8, 4) is 0 Å². The number of sulfonamides is 1. The summed E-state index contributed by atoms with van der Waals surface area (Å²) in [5.41, 5.74) is 1.32. The summed E-state index contributed by atoms with van der Waals surface area (Å²) in [5, 5.41) is 5.18. The van der Waals surface area contributed by atoms with E-state index in [2.05, 4.69) is 6.58 Å². The Hall–Kier alpha value is -2.29. The zero-order chi connectivity index (χ0) is 22.6. The lowest BCUT2D eigenvalue weighted by atomic mass is 9.88. The van der Waals surface area contributed by atoms with E-state index in [-0.39, 0.29) is 28.8 Å². The molecule has 0 bridgehead atoms. The van der Waals surface area contributed by atoms with Crippen molar-refractivity contribution in [3.63, 3.8) is 0 Å². The molecule has 31 heavy (non-hydrogen) atoms. The fraction of sp³-hybridized carbons (Fsp3) is 0.435. The predicted molar refractivity (Wildman–Crippen MR) is 118 cm³/mol. The van der Waals surface area contributed by atoms with Crippen LogP contribution >= 0.6 is 0 Å². The van der Waals surface area contributed by atoms with Crippen molar-refractivity contribution in [2.24, 2.45) is 11.1 Å². The molecule has 1 fully saturated rings. The maximum Gasteiger partial charge on any atom is 0.245 e. The molecule has 2 atom stereocenters. The average molecular weight is 449 g/mol. The van der Waals surface area contributed by atoms with Crippen LogP contribution in [0.2, 0.25) is 0 Å². The van der Waals surface area contributed by atoms with Gasteiger partial charge in [0.1, 0.15) is 5.82 Å². The lowest BCUT2D eigenvalue weighted by Gasteiger charge is -2.34. The molecule has 0 aromatic heterocycles. The molecule has 0 saturated carbocycles. The Balaban J connectivity index is 1.71. The highest BCUT2D eigenvalue weighted by atomic mass is 32.2. The van der Waals surface area contributed by atoms with Gasteiger partial charge in [-0.3, -0.25) is 4.79 Å². The fourth-order valence-corrected chi connectivity index (χ4v) is 4.60. The normalized spacial score (nSPS) is 20.9. The van der Waals surface area contributed by atoms with Gasteiger partial charge in [0.15, 0.2) is 0 Å². The SMILES string of the molecule is C=CC(=O)N1CCC(C[C@H](OC2C=CC(S(N)(=O)=O)=CC2)c2ccc(C)c(F)c2)CC1. The summed E-state index contributed by atoms with van der Waals surface area (Å²) < 4.78 is 43.6. The lowest BCUT2D eigenvalue weighted by molar-refractivity contribution is -0.127. The second-order valence-electron chi connectivity index (χ2n) is 8.13. The number of hydrogen-bond acceptors (Lipinski definition) is 4. The van der Waals surface area contributed by atoms with E-state index in [4.69, 9.17) is 9.88 Å². The number of nitrogens with two attached hydrogens (primary N) is 1. The fourth-order valence-electron chi connectivity index (χ4n) is 4.00. The van der Waals surface area contributed by atoms with E-state index in [9.17, 15) is 17.6 Å². The highest BCUT2D eigenvalue weighted by Gasteiger charge is 2.27. The van der Waals surface area contributed by atoms with Crippen LogP contribution in [0.25, 0.3) is 0 Å². The molecule has 6 nitrogen and oxygen atoms in total. The van der Waals surface area contributed by atoms with Crippen molar-refractivity contribution in [1.82, 2.24) is 4.90 Å². The Bertz CT molecular complexity index is 995. The van der Waals surface area contributed by atoms with Crippen LogP contribution in [0.4, 0.5) is 4.39 Å². The highest BCUT2D eigenvalue weighted by molar-refractivity contribution is 7.93. The number of carbonyl (C=O) groups is 1. The Labute approximate surface area is 183 Å². The monoisotopic (exact) mass is 448 g/mol. The first-order valence-corrected chi connectivity index (χ1v) is 12.0. The number of allylic oxidation sites excluding steroid dienone is 1. The number of aryl methyl sites for hydroxylation is 1. The summed E-state index contributed by atoms with van der Waals surface area (Å²) >= 11 is 0. The molecular formula is C23H29FN2O4S. The van der Waals surface area contributed by atoms with E-state index in [1.54, 1.807) is 30.0 Å². The maximum absolute atomic E-state index is 14.2. The van der Waals surface area contributed by atoms with Crippen LogP contribution in [0.15, 0.2) is 54.0 Å². The third kappa shape index (κ3) is 6.12. The molecule has 1 aromatic rings. The van der Waals surface area contributed by atoms with E-state index in [1.807, 2.05) is 6.07 Å². The average Bonchev–Trinajstić information content (AvgIpc) is 2.75. The van der Waals surface area contributed by atoms with Gasteiger partial charge in [0, 0.05) is 13.1 Å². The molecule has 0 radical (unpaired) electrons. The van der Waals surface area contributed by atoms with Crippen molar-refractivity contribution in [2.75, 3.05) is 13.1 Å². The van der Waals surface area contributed by atoms with Crippen molar-refractivity contribution in [3.05, 3.63) is 70.9 Å². The molecule has 1 heterocycles. The Morgan fingerprint density at radius 3 is 2.65 bits per heavy atom. The van der Waals surface area contributed by atoms with Crippen LogP contribution in [-0.4, -0.2) is 38.4 Å². The number of ether oxygens (including phenoxy) is 1. The Kier molecular flexibility index (Phi) is 7.46. The first-order valence-electron chi connectivity index (χ1n) is 10.4. The number of piperidine rings is 1. The molecule has 1 aliphatic heterocycles. The number of benzene rings is 1. The van der Waals surface area contributed by atoms with Crippen LogP contribution in [-0.2, 0) is 19.6 Å². The van der Waals surface area contributed by atoms with E-state index in [0.29, 0.717) is 37.4 Å². The van der Waals surface area contributed by atoms with Gasteiger partial charge in [0.25, 0.3) is 0 Å². The second-order valence-corrected chi connectivity index (χ2v) is 9.69. The van der Waals surface area contributed by atoms with Gasteiger partial charge >= 0.3 is 0 Å². The van der Waals surface area contributed by atoms with Crippen molar-refractivity contribution < 1.29 is 22.3 Å². The van der Waals surface area contributed by atoms with Crippen LogP contribution in [0.3, 0.4) is 0 Å².